The number of halogens is 17. The molecule has 0 aromatic carbocycles. The molecule has 0 rings (SSSR count). The monoisotopic (exact) mass is 608 g/mol. The van der Waals surface area contributed by atoms with Crippen LogP contribution < -0.4 is 0 Å². The maximum Gasteiger partial charge on any atom is 0.462 e. The van der Waals surface area contributed by atoms with Gasteiger partial charge < -0.3 is 14.6 Å². The van der Waals surface area contributed by atoms with Crippen molar-refractivity contribution >= 4 is 5.97 Å². The van der Waals surface area contributed by atoms with Gasteiger partial charge in [-0.1, -0.05) is 13.8 Å². The van der Waals surface area contributed by atoms with E-state index in [4.69, 9.17) is 5.11 Å². The van der Waals surface area contributed by atoms with E-state index in [2.05, 4.69) is 9.47 Å². The van der Waals surface area contributed by atoms with E-state index in [0.29, 0.717) is 0 Å². The first kappa shape index (κ1) is 36.2. The summed E-state index contributed by atoms with van der Waals surface area (Å²) >= 11 is 0. The van der Waals surface area contributed by atoms with Gasteiger partial charge in [0.15, 0.2) is 0 Å². The molecule has 0 saturated carbocycles. The average Bonchev–Trinajstić information content (AvgIpc) is 2.68. The summed E-state index contributed by atoms with van der Waals surface area (Å²) in [4.78, 5) is 11.0. The number of alkyl halides is 17. The number of rotatable bonds is 11. The second-order valence-electron chi connectivity index (χ2n) is 8.10. The largest absolute Gasteiger partial charge is 0.479 e. The molecular weight excluding hydrogens is 591 g/mol. The number of hydrogen-bond donors (Lipinski definition) is 1. The van der Waals surface area contributed by atoms with Crippen LogP contribution in [-0.4, -0.2) is 70.3 Å². The van der Waals surface area contributed by atoms with Gasteiger partial charge in [-0.05, 0) is 26.7 Å². The van der Waals surface area contributed by atoms with Gasteiger partial charge in [0.1, 0.15) is 11.2 Å². The van der Waals surface area contributed by atoms with Gasteiger partial charge in [0, 0.05) is 0 Å². The molecule has 228 valence electrons. The Morgan fingerprint density at radius 1 is 0.579 bits per heavy atom. The summed E-state index contributed by atoms with van der Waals surface area (Å²) in [5, 5.41) is 8.67. The van der Waals surface area contributed by atoms with Crippen molar-refractivity contribution in [2.24, 2.45) is 0 Å². The molecule has 0 aromatic heterocycles. The molecular formula is C17H17F17O4. The highest BCUT2D eigenvalue weighted by molar-refractivity contribution is 5.80. The van der Waals surface area contributed by atoms with Crippen molar-refractivity contribution in [3.63, 3.8) is 0 Å². The summed E-state index contributed by atoms with van der Waals surface area (Å²) in [6.07, 6.45) is -40.1. The molecule has 0 aliphatic carbocycles. The molecule has 38 heavy (non-hydrogen) atoms. The van der Waals surface area contributed by atoms with E-state index in [1.807, 2.05) is 0 Å². The Morgan fingerprint density at radius 3 is 1.16 bits per heavy atom. The van der Waals surface area contributed by atoms with E-state index >= 15 is 4.39 Å². The third-order valence-electron chi connectivity index (χ3n) is 5.71. The van der Waals surface area contributed by atoms with Gasteiger partial charge in [-0.25, -0.2) is 13.6 Å². The number of carboxylic acid groups (broad SMARTS) is 1. The lowest BCUT2D eigenvalue weighted by Gasteiger charge is -2.50. The normalized spacial score (nSPS) is 21.2. The number of hydrogen-bond acceptors (Lipinski definition) is 3. The van der Waals surface area contributed by atoms with Crippen molar-refractivity contribution in [1.29, 1.82) is 0 Å². The average molecular weight is 608 g/mol. The van der Waals surface area contributed by atoms with E-state index in [1.54, 1.807) is 0 Å². The van der Waals surface area contributed by atoms with Gasteiger partial charge >= 0.3 is 54.0 Å². The first-order valence-electron chi connectivity index (χ1n) is 9.58. The van der Waals surface area contributed by atoms with Gasteiger partial charge in [0.05, 0.1) is 0 Å². The van der Waals surface area contributed by atoms with E-state index in [0.717, 1.165) is 0 Å². The zero-order valence-electron chi connectivity index (χ0n) is 19.0. The summed E-state index contributed by atoms with van der Waals surface area (Å²) in [7, 11) is 0. The molecule has 0 aliphatic heterocycles. The van der Waals surface area contributed by atoms with Crippen molar-refractivity contribution in [1.82, 2.24) is 0 Å². The fraction of sp³-hybridized carbons (Fsp3) is 0.941. The summed E-state index contributed by atoms with van der Waals surface area (Å²) in [5.74, 6) is -11.2. The predicted molar refractivity (Wildman–Crippen MR) is 87.9 cm³/mol. The van der Waals surface area contributed by atoms with Crippen LogP contribution in [-0.2, 0) is 14.3 Å². The van der Waals surface area contributed by atoms with E-state index < -0.39 is 91.9 Å². The predicted octanol–water partition coefficient (Wildman–Crippen LogP) is 7.37. The second-order valence-corrected chi connectivity index (χ2v) is 8.10. The number of carboxylic acids is 1. The Kier molecular flexibility index (Phi) is 9.23. The minimum absolute atomic E-state index is 0.0173. The van der Waals surface area contributed by atoms with Crippen molar-refractivity contribution in [2.75, 3.05) is 0 Å². The Morgan fingerprint density at radius 2 is 0.921 bits per heavy atom. The Bertz CT molecular complexity index is 866. The van der Waals surface area contributed by atoms with E-state index in [-0.39, 0.29) is 13.8 Å². The zero-order chi connectivity index (χ0) is 31.4. The van der Waals surface area contributed by atoms with Crippen LogP contribution in [0.5, 0.6) is 0 Å². The fourth-order valence-corrected chi connectivity index (χ4v) is 3.06. The molecule has 1 N–H and O–H groups in total. The second kappa shape index (κ2) is 9.69. The fourth-order valence-electron chi connectivity index (χ4n) is 3.06. The van der Waals surface area contributed by atoms with Crippen LogP contribution in [0.4, 0.5) is 74.6 Å². The molecule has 0 aromatic rings. The Labute approximate surface area is 201 Å². The van der Waals surface area contributed by atoms with Gasteiger partial charge in [-0.3, -0.25) is 0 Å². The summed E-state index contributed by atoms with van der Waals surface area (Å²) in [6, 6.07) is 0. The molecule has 0 aliphatic rings. The summed E-state index contributed by atoms with van der Waals surface area (Å²) in [6.45, 7) is -1.12. The van der Waals surface area contributed by atoms with Crippen molar-refractivity contribution in [2.45, 2.75) is 99.7 Å². The third kappa shape index (κ3) is 5.19. The molecule has 0 amide bonds. The van der Waals surface area contributed by atoms with Crippen molar-refractivity contribution < 1.29 is 94.0 Å². The van der Waals surface area contributed by atoms with Crippen LogP contribution in [0.25, 0.3) is 0 Å². The lowest BCUT2D eigenvalue weighted by molar-refractivity contribution is -0.491. The maximum atomic E-state index is 15.4. The first-order chi connectivity index (χ1) is 16.2. The van der Waals surface area contributed by atoms with Crippen LogP contribution in [0.2, 0.25) is 0 Å². The SMILES string of the molecule is CCC(C)(OC(F)(F)C(F)(C(F)(F)F)C(C)(CC)OC(F)(F)C(F)(F)C(F)(F)F)C(F)(C(=O)O)C(F)(F)F. The molecule has 0 spiro atoms. The third-order valence-corrected chi connectivity index (χ3v) is 5.71. The minimum Gasteiger partial charge on any atom is -0.479 e. The number of ether oxygens (including phenoxy) is 2. The van der Waals surface area contributed by atoms with Crippen LogP contribution in [0.1, 0.15) is 40.5 Å². The van der Waals surface area contributed by atoms with Gasteiger partial charge in [0.25, 0.3) is 0 Å². The molecule has 0 bridgehead atoms. The van der Waals surface area contributed by atoms with Crippen LogP contribution in [0.3, 0.4) is 0 Å². The van der Waals surface area contributed by atoms with Crippen molar-refractivity contribution in [3.05, 3.63) is 0 Å². The lowest BCUT2D eigenvalue weighted by Crippen LogP contribution is -2.75. The highest BCUT2D eigenvalue weighted by Gasteiger charge is 2.86. The quantitative estimate of drug-likeness (QED) is 0.249. The standard InChI is InChI=1S/C17H17F17O4/c1-5-8(3,10(18,7(35)36)13(22,23)24)37-16(31,32)11(19,14(25,26)27)9(4,6-2)38-17(33,34)12(20,21)15(28,29)30/h5-6H2,1-4H3,(H,35,36). The Hall–Kier alpha value is -1.80. The van der Waals surface area contributed by atoms with Gasteiger partial charge in [0.2, 0.25) is 0 Å². The molecule has 4 unspecified atom stereocenters. The first-order valence-corrected chi connectivity index (χ1v) is 9.58. The minimum atomic E-state index is -7.45. The van der Waals surface area contributed by atoms with Crippen LogP contribution in [0, 0.1) is 0 Å². The maximum absolute atomic E-state index is 15.4. The van der Waals surface area contributed by atoms with Crippen LogP contribution >= 0.6 is 0 Å². The molecule has 0 saturated heterocycles. The van der Waals surface area contributed by atoms with E-state index in [1.165, 1.54) is 0 Å². The Balaban J connectivity index is 7.35. The summed E-state index contributed by atoms with van der Waals surface area (Å²) in [5.41, 5.74) is -23.1. The number of aliphatic carboxylic acids is 1. The molecule has 0 fully saturated rings. The number of carbonyl (C=O) groups is 1. The van der Waals surface area contributed by atoms with Crippen molar-refractivity contribution in [3.8, 4) is 0 Å². The van der Waals surface area contributed by atoms with Gasteiger partial charge in [-0.2, -0.15) is 65.9 Å². The zero-order valence-corrected chi connectivity index (χ0v) is 19.0. The molecule has 0 radical (unpaired) electrons. The topological polar surface area (TPSA) is 55.8 Å². The van der Waals surface area contributed by atoms with Gasteiger partial charge in [-0.15, -0.1) is 0 Å². The molecule has 21 heteroatoms. The molecule has 0 heterocycles. The smallest absolute Gasteiger partial charge is 0.462 e. The molecule has 4 atom stereocenters. The summed E-state index contributed by atoms with van der Waals surface area (Å²) < 4.78 is 237. The molecule has 4 nitrogen and oxygen atoms in total. The lowest BCUT2D eigenvalue weighted by atomic mass is 9.79. The van der Waals surface area contributed by atoms with Crippen LogP contribution in [0.15, 0.2) is 0 Å². The van der Waals surface area contributed by atoms with E-state index in [9.17, 15) is 75.0 Å². The highest BCUT2D eigenvalue weighted by Crippen LogP contribution is 2.60. The highest BCUT2D eigenvalue weighted by atomic mass is 19.4.